The van der Waals surface area contributed by atoms with E-state index in [9.17, 15) is 5.11 Å². The number of hydrogen-bond acceptors (Lipinski definition) is 2. The van der Waals surface area contributed by atoms with Gasteiger partial charge in [-0.25, -0.2) is 0 Å². The molecule has 0 bridgehead atoms. The third-order valence-corrected chi connectivity index (χ3v) is 5.36. The van der Waals surface area contributed by atoms with Crippen LogP contribution in [0.5, 0.6) is 0 Å². The van der Waals surface area contributed by atoms with E-state index in [-0.39, 0.29) is 5.41 Å². The van der Waals surface area contributed by atoms with Gasteiger partial charge in [-0.1, -0.05) is 40.0 Å². The van der Waals surface area contributed by atoms with Gasteiger partial charge in [0, 0.05) is 12.0 Å². The van der Waals surface area contributed by atoms with Crippen molar-refractivity contribution in [3.8, 4) is 0 Å². The molecule has 1 fully saturated rings. The summed E-state index contributed by atoms with van der Waals surface area (Å²) in [6.07, 6.45) is 8.97. The van der Waals surface area contributed by atoms with E-state index in [0.29, 0.717) is 12.0 Å². The molecule has 1 aliphatic rings. The van der Waals surface area contributed by atoms with Crippen LogP contribution in [0.3, 0.4) is 0 Å². The number of nitrogens with two attached hydrogens (primary N) is 1. The van der Waals surface area contributed by atoms with Gasteiger partial charge in [-0.05, 0) is 44.4 Å². The maximum atomic E-state index is 10.9. The SMILES string of the molecule is CCCCCC(C)(O)C1(CN)CCC(C)(C)CC1. The minimum atomic E-state index is -0.590. The molecule has 1 aliphatic carbocycles. The maximum absolute atomic E-state index is 10.9. The van der Waals surface area contributed by atoms with Crippen LogP contribution >= 0.6 is 0 Å². The van der Waals surface area contributed by atoms with E-state index in [0.717, 1.165) is 25.7 Å². The van der Waals surface area contributed by atoms with Crippen LogP contribution in [0.2, 0.25) is 0 Å². The van der Waals surface area contributed by atoms with E-state index < -0.39 is 5.60 Å². The molecule has 1 rings (SSSR count). The summed E-state index contributed by atoms with van der Waals surface area (Å²) in [6.45, 7) is 9.52. The number of unbranched alkanes of at least 4 members (excludes halogenated alkanes) is 2. The van der Waals surface area contributed by atoms with Crippen LogP contribution in [0.15, 0.2) is 0 Å². The first-order chi connectivity index (χ1) is 8.29. The summed E-state index contributed by atoms with van der Waals surface area (Å²) in [5, 5.41) is 10.9. The van der Waals surface area contributed by atoms with Crippen molar-refractivity contribution < 1.29 is 5.11 Å². The lowest BCUT2D eigenvalue weighted by Gasteiger charge is -2.51. The molecule has 0 radical (unpaired) electrons. The van der Waals surface area contributed by atoms with Crippen LogP contribution in [-0.2, 0) is 0 Å². The highest BCUT2D eigenvalue weighted by Crippen LogP contribution is 2.51. The fourth-order valence-electron chi connectivity index (χ4n) is 3.35. The third-order valence-electron chi connectivity index (χ3n) is 5.36. The Hall–Kier alpha value is -0.0800. The normalized spacial score (nSPS) is 25.7. The zero-order chi connectivity index (χ0) is 13.9. The monoisotopic (exact) mass is 255 g/mol. The number of aliphatic hydroxyl groups is 1. The number of hydrogen-bond donors (Lipinski definition) is 2. The van der Waals surface area contributed by atoms with Crippen LogP contribution in [0.1, 0.15) is 79.1 Å². The minimum Gasteiger partial charge on any atom is -0.390 e. The molecule has 1 atom stereocenters. The van der Waals surface area contributed by atoms with Gasteiger partial charge in [0.25, 0.3) is 0 Å². The van der Waals surface area contributed by atoms with Crippen molar-refractivity contribution in [3.63, 3.8) is 0 Å². The van der Waals surface area contributed by atoms with E-state index in [1.54, 1.807) is 0 Å². The van der Waals surface area contributed by atoms with Gasteiger partial charge < -0.3 is 10.8 Å². The summed E-state index contributed by atoms with van der Waals surface area (Å²) in [5.74, 6) is 0. The van der Waals surface area contributed by atoms with Gasteiger partial charge >= 0.3 is 0 Å². The van der Waals surface area contributed by atoms with E-state index >= 15 is 0 Å². The second-order valence-electron chi connectivity index (χ2n) is 7.38. The lowest BCUT2D eigenvalue weighted by Crippen LogP contribution is -2.53. The molecule has 0 aromatic rings. The van der Waals surface area contributed by atoms with Crippen LogP contribution in [0.25, 0.3) is 0 Å². The Kier molecular flexibility index (Phi) is 5.25. The lowest BCUT2D eigenvalue weighted by atomic mass is 9.57. The Balaban J connectivity index is 2.69. The van der Waals surface area contributed by atoms with Gasteiger partial charge in [-0.3, -0.25) is 0 Å². The molecule has 1 unspecified atom stereocenters. The molecule has 3 N–H and O–H groups in total. The predicted molar refractivity (Wildman–Crippen MR) is 78.5 cm³/mol. The molecule has 18 heavy (non-hydrogen) atoms. The van der Waals surface area contributed by atoms with Crippen molar-refractivity contribution in [2.24, 2.45) is 16.6 Å². The molecule has 2 heteroatoms. The van der Waals surface area contributed by atoms with E-state index in [1.165, 1.54) is 25.7 Å². The highest BCUT2D eigenvalue weighted by Gasteiger charge is 2.48. The topological polar surface area (TPSA) is 46.2 Å². The molecule has 0 spiro atoms. The largest absolute Gasteiger partial charge is 0.390 e. The Morgan fingerprint density at radius 1 is 1.11 bits per heavy atom. The van der Waals surface area contributed by atoms with Crippen molar-refractivity contribution in [3.05, 3.63) is 0 Å². The van der Waals surface area contributed by atoms with Crippen molar-refractivity contribution >= 4 is 0 Å². The highest BCUT2D eigenvalue weighted by atomic mass is 16.3. The Morgan fingerprint density at radius 2 is 1.67 bits per heavy atom. The quantitative estimate of drug-likeness (QED) is 0.708. The van der Waals surface area contributed by atoms with E-state index in [2.05, 4.69) is 20.8 Å². The summed E-state index contributed by atoms with van der Waals surface area (Å²) in [5.41, 5.74) is 5.85. The van der Waals surface area contributed by atoms with Gasteiger partial charge in [0.2, 0.25) is 0 Å². The van der Waals surface area contributed by atoms with Crippen LogP contribution in [0, 0.1) is 10.8 Å². The zero-order valence-electron chi connectivity index (χ0n) is 12.9. The first kappa shape index (κ1) is 16.0. The van der Waals surface area contributed by atoms with Crippen molar-refractivity contribution in [2.45, 2.75) is 84.7 Å². The summed E-state index contributed by atoms with van der Waals surface area (Å²) in [6, 6.07) is 0. The Labute approximate surface area is 113 Å². The second kappa shape index (κ2) is 5.92. The summed E-state index contributed by atoms with van der Waals surface area (Å²) in [4.78, 5) is 0. The minimum absolute atomic E-state index is 0.0454. The standard InChI is InChI=1S/C16H33NO/c1-5-6-7-8-15(4,18)16(13-17)11-9-14(2,3)10-12-16/h18H,5-13,17H2,1-4H3. The first-order valence-electron chi connectivity index (χ1n) is 7.71. The van der Waals surface area contributed by atoms with E-state index in [1.807, 2.05) is 6.92 Å². The molecular formula is C16H33NO. The zero-order valence-corrected chi connectivity index (χ0v) is 12.9. The van der Waals surface area contributed by atoms with Gasteiger partial charge in [0.1, 0.15) is 0 Å². The van der Waals surface area contributed by atoms with Gasteiger partial charge in [0.15, 0.2) is 0 Å². The van der Waals surface area contributed by atoms with Crippen LogP contribution in [0.4, 0.5) is 0 Å². The van der Waals surface area contributed by atoms with Crippen molar-refractivity contribution in [2.75, 3.05) is 6.54 Å². The Morgan fingerprint density at radius 3 is 2.11 bits per heavy atom. The second-order valence-corrected chi connectivity index (χ2v) is 7.38. The predicted octanol–water partition coefficient (Wildman–Crippen LogP) is 3.86. The molecule has 108 valence electrons. The van der Waals surface area contributed by atoms with Gasteiger partial charge in [-0.15, -0.1) is 0 Å². The summed E-state index contributed by atoms with van der Waals surface area (Å²) >= 11 is 0. The number of rotatable bonds is 6. The van der Waals surface area contributed by atoms with Crippen LogP contribution < -0.4 is 5.73 Å². The molecule has 0 aromatic carbocycles. The van der Waals surface area contributed by atoms with Crippen LogP contribution in [-0.4, -0.2) is 17.3 Å². The lowest BCUT2D eigenvalue weighted by molar-refractivity contribution is -0.105. The summed E-state index contributed by atoms with van der Waals surface area (Å²) in [7, 11) is 0. The molecule has 1 saturated carbocycles. The maximum Gasteiger partial charge on any atom is 0.0687 e. The molecule has 2 nitrogen and oxygen atoms in total. The van der Waals surface area contributed by atoms with Crippen molar-refractivity contribution in [1.29, 1.82) is 0 Å². The highest BCUT2D eigenvalue weighted by molar-refractivity contribution is 5.00. The molecule has 0 aromatic heterocycles. The average Bonchev–Trinajstić information content (AvgIpc) is 2.29. The fourth-order valence-corrected chi connectivity index (χ4v) is 3.35. The molecule has 0 amide bonds. The smallest absolute Gasteiger partial charge is 0.0687 e. The molecule has 0 aliphatic heterocycles. The van der Waals surface area contributed by atoms with Gasteiger partial charge in [-0.2, -0.15) is 0 Å². The molecule has 0 heterocycles. The first-order valence-corrected chi connectivity index (χ1v) is 7.71. The Bertz CT molecular complexity index is 248. The van der Waals surface area contributed by atoms with Gasteiger partial charge in [0.05, 0.1) is 5.60 Å². The summed E-state index contributed by atoms with van der Waals surface area (Å²) < 4.78 is 0. The fraction of sp³-hybridized carbons (Fsp3) is 1.00. The third kappa shape index (κ3) is 3.48. The van der Waals surface area contributed by atoms with Crippen molar-refractivity contribution in [1.82, 2.24) is 0 Å². The molecule has 0 saturated heterocycles. The van der Waals surface area contributed by atoms with E-state index in [4.69, 9.17) is 5.73 Å². The molecular weight excluding hydrogens is 222 g/mol. The average molecular weight is 255 g/mol.